The first-order valence-electron chi connectivity index (χ1n) is 16.8. The number of hydrogen-bond donors (Lipinski definition) is 3. The smallest absolute Gasteiger partial charge is 0.305 e. The lowest BCUT2D eigenvalue weighted by Crippen LogP contribution is -2.43. The van der Waals surface area contributed by atoms with Gasteiger partial charge >= 0.3 is 5.97 Å². The molecule has 0 aromatic heterocycles. The quantitative estimate of drug-likeness (QED) is 0.236. The van der Waals surface area contributed by atoms with Crippen LogP contribution in [0.5, 0.6) is 11.5 Å². The van der Waals surface area contributed by atoms with Crippen molar-refractivity contribution in [1.29, 1.82) is 0 Å². The maximum atomic E-state index is 13.5. The van der Waals surface area contributed by atoms with Gasteiger partial charge in [0, 0.05) is 39.7 Å². The molecule has 0 saturated carbocycles. The second-order valence-electron chi connectivity index (χ2n) is 9.71. The molecule has 222 valence electrons. The molecule has 2 unspecified atom stereocenters. The highest BCUT2D eigenvalue weighted by molar-refractivity contribution is 5.76. The second kappa shape index (κ2) is 17.5. The van der Waals surface area contributed by atoms with Gasteiger partial charge < -0.3 is 34.6 Å². The molecule has 0 heterocycles. The molecule has 3 N–H and O–H groups in total. The lowest BCUT2D eigenvalue weighted by molar-refractivity contribution is -0.140. The van der Waals surface area contributed by atoms with Crippen LogP contribution in [-0.2, 0) is 27.2 Å². The van der Waals surface area contributed by atoms with E-state index in [0.717, 1.165) is 5.56 Å². The number of amides is 1. The van der Waals surface area contributed by atoms with E-state index in [2.05, 4.69) is 10.1 Å². The Kier molecular flexibility index (Phi) is 10.3. The van der Waals surface area contributed by atoms with Gasteiger partial charge in [-0.3, -0.25) is 9.59 Å². The van der Waals surface area contributed by atoms with Crippen LogP contribution in [0.25, 0.3) is 0 Å². The number of methoxy groups -OCH3 is 1. The van der Waals surface area contributed by atoms with Crippen LogP contribution in [0.2, 0.25) is 0 Å². The normalized spacial score (nSPS) is 16.2. The van der Waals surface area contributed by atoms with E-state index >= 15 is 0 Å². The van der Waals surface area contributed by atoms with Gasteiger partial charge in [-0.15, -0.1) is 0 Å². The van der Waals surface area contributed by atoms with Gasteiger partial charge in [0.1, 0.15) is 36.9 Å². The number of ether oxygens (including phenoxy) is 3. The van der Waals surface area contributed by atoms with E-state index in [0.29, 0.717) is 34.9 Å². The van der Waals surface area contributed by atoms with Gasteiger partial charge in [-0.25, -0.2) is 0 Å². The van der Waals surface area contributed by atoms with Gasteiger partial charge in [0.2, 0.25) is 5.91 Å². The van der Waals surface area contributed by atoms with Crippen LogP contribution in [0.15, 0.2) is 48.5 Å². The van der Waals surface area contributed by atoms with E-state index in [1.807, 2.05) is 13.8 Å². The number of aliphatic hydroxyl groups excluding tert-OH is 2. The summed E-state index contributed by atoms with van der Waals surface area (Å²) in [7, 11) is 1.30. The van der Waals surface area contributed by atoms with Gasteiger partial charge in [0.25, 0.3) is 0 Å². The van der Waals surface area contributed by atoms with Crippen LogP contribution in [0.1, 0.15) is 61.1 Å². The summed E-state index contributed by atoms with van der Waals surface area (Å²) in [5.41, 5.74) is 1.50. The number of nitrogens with one attached hydrogen (secondary N) is 1. The van der Waals surface area contributed by atoms with Crippen LogP contribution >= 0.6 is 0 Å². The van der Waals surface area contributed by atoms with E-state index in [4.69, 9.17) is 19.1 Å². The van der Waals surface area contributed by atoms with E-state index in [1.54, 1.807) is 48.5 Å². The molecule has 9 heteroatoms. The maximum Gasteiger partial charge on any atom is 0.305 e. The van der Waals surface area contributed by atoms with E-state index in [-0.39, 0.29) is 37.9 Å². The van der Waals surface area contributed by atoms with Crippen molar-refractivity contribution < 1.29 is 43.6 Å². The summed E-state index contributed by atoms with van der Waals surface area (Å²) < 4.78 is 71.7. The van der Waals surface area contributed by atoms with Crippen molar-refractivity contribution in [3.63, 3.8) is 0 Å². The average molecular weight is 566 g/mol. The Balaban J connectivity index is 2.10. The molecule has 2 aromatic rings. The van der Waals surface area contributed by atoms with Crippen molar-refractivity contribution >= 4 is 11.9 Å². The summed E-state index contributed by atoms with van der Waals surface area (Å²) in [5.74, 6) is -0.471. The highest BCUT2D eigenvalue weighted by atomic mass is 16.5. The van der Waals surface area contributed by atoms with Crippen molar-refractivity contribution in [2.75, 3.05) is 33.4 Å². The summed E-state index contributed by atoms with van der Waals surface area (Å²) >= 11 is 0. The molecule has 2 rings (SSSR count). The number of carbonyl (C=O) groups is 2. The SMILES string of the molecule is [2H]C([2H])([2H])C([2H])(N(CC(O)COc1ccc(CCC(=O)OC)cc1)C(=O)CCc1ccc(OCC(O)CNC(C)C)cc1)C([2H])([2H])[2H]. The highest BCUT2D eigenvalue weighted by Crippen LogP contribution is 2.16. The molecule has 9 nitrogen and oxygen atoms in total. The van der Waals surface area contributed by atoms with Crippen molar-refractivity contribution in [3.05, 3.63) is 59.7 Å². The van der Waals surface area contributed by atoms with Gasteiger partial charge in [-0.05, 0) is 61.9 Å². The zero-order valence-electron chi connectivity index (χ0n) is 30.4. The largest absolute Gasteiger partial charge is 0.491 e. The number of hydrogen-bond acceptors (Lipinski definition) is 8. The highest BCUT2D eigenvalue weighted by Gasteiger charge is 2.21. The third kappa shape index (κ3) is 12.8. The number of benzene rings is 2. The van der Waals surface area contributed by atoms with Crippen LogP contribution in [-0.4, -0.2) is 84.7 Å². The minimum absolute atomic E-state index is 0.0662. The molecule has 0 fully saturated rings. The first kappa shape index (κ1) is 23.6. The number of carbonyl (C=O) groups excluding carboxylic acids is 2. The van der Waals surface area contributed by atoms with Gasteiger partial charge in [0.05, 0.1) is 15.0 Å². The van der Waals surface area contributed by atoms with Gasteiger partial charge in [-0.1, -0.05) is 38.1 Å². The predicted octanol–water partition coefficient (Wildman–Crippen LogP) is 3.14. The monoisotopic (exact) mass is 565 g/mol. The number of esters is 1. The fraction of sp³-hybridized carbons (Fsp3) is 0.548. The van der Waals surface area contributed by atoms with Crippen molar-refractivity contribution in [2.24, 2.45) is 0 Å². The zero-order valence-corrected chi connectivity index (χ0v) is 23.4. The molecule has 0 radical (unpaired) electrons. The third-order valence-corrected chi connectivity index (χ3v) is 5.93. The Bertz CT molecular complexity index is 1240. The minimum Gasteiger partial charge on any atom is -0.491 e. The zero-order chi connectivity index (χ0) is 35.4. The molecule has 0 spiro atoms. The molecule has 0 aliphatic rings. The Morgan fingerprint density at radius 1 is 0.900 bits per heavy atom. The van der Waals surface area contributed by atoms with Crippen molar-refractivity contribution in [1.82, 2.24) is 10.2 Å². The molecule has 1 amide bonds. The summed E-state index contributed by atoms with van der Waals surface area (Å²) in [6, 6.07) is 10.1. The van der Waals surface area contributed by atoms with Crippen LogP contribution < -0.4 is 14.8 Å². The number of rotatable bonds is 18. The summed E-state index contributed by atoms with van der Waals surface area (Å²) in [6.45, 7) is -3.73. The van der Waals surface area contributed by atoms with Gasteiger partial charge in [-0.2, -0.15) is 0 Å². The van der Waals surface area contributed by atoms with Crippen molar-refractivity contribution in [2.45, 2.75) is 77.5 Å². The van der Waals surface area contributed by atoms with Crippen LogP contribution in [0.4, 0.5) is 0 Å². The first-order chi connectivity index (χ1) is 21.9. The van der Waals surface area contributed by atoms with E-state index < -0.39 is 51.0 Å². The second-order valence-corrected chi connectivity index (χ2v) is 9.71. The topological polar surface area (TPSA) is 118 Å². The molecular formula is C31H46N2O7. The van der Waals surface area contributed by atoms with Gasteiger partial charge in [0.15, 0.2) is 0 Å². The molecule has 0 saturated heterocycles. The van der Waals surface area contributed by atoms with E-state index in [1.165, 1.54) is 7.11 Å². The number of aryl methyl sites for hydroxylation is 2. The molecule has 0 aliphatic heterocycles. The standard InChI is InChI=1S/C31H46N2O7/c1-22(2)32-18-26(34)20-39-28-12-6-24(7-13-28)10-16-30(36)33(23(3)4)19-27(35)21-40-29-14-8-25(9-15-29)11-17-31(37)38-5/h6-9,12-15,22-23,26-27,32,34-35H,10-11,16-21H2,1-5H3/i3D3,4D3,23D. The fourth-order valence-electron chi connectivity index (χ4n) is 3.64. The molecule has 40 heavy (non-hydrogen) atoms. The molecule has 0 aliphatic carbocycles. The molecule has 0 bridgehead atoms. The summed E-state index contributed by atoms with van der Waals surface area (Å²) in [5, 5.41) is 23.9. The Morgan fingerprint density at radius 3 is 1.93 bits per heavy atom. The Labute approximate surface area is 248 Å². The lowest BCUT2D eigenvalue weighted by atomic mass is 10.1. The summed E-state index contributed by atoms with van der Waals surface area (Å²) in [4.78, 5) is 25.2. The molecule has 2 aromatic carbocycles. The number of aliphatic hydroxyl groups is 2. The fourth-order valence-corrected chi connectivity index (χ4v) is 3.64. The van der Waals surface area contributed by atoms with E-state index in [9.17, 15) is 19.8 Å². The molecule has 2 atom stereocenters. The van der Waals surface area contributed by atoms with Crippen LogP contribution in [0, 0.1) is 0 Å². The summed E-state index contributed by atoms with van der Waals surface area (Å²) in [6.07, 6.45) is -1.86. The Morgan fingerprint density at radius 2 is 1.43 bits per heavy atom. The minimum atomic E-state index is -3.44. The lowest BCUT2D eigenvalue weighted by Gasteiger charge is -2.29. The molecular weight excluding hydrogens is 512 g/mol. The number of nitrogens with zero attached hydrogens (tertiary/aromatic N) is 1. The third-order valence-electron chi connectivity index (χ3n) is 5.93. The predicted molar refractivity (Wildman–Crippen MR) is 155 cm³/mol. The first-order valence-corrected chi connectivity index (χ1v) is 13.3. The average Bonchev–Trinajstić information content (AvgIpc) is 3.01. The maximum absolute atomic E-state index is 13.5. The Hall–Kier alpha value is -3.14. The van der Waals surface area contributed by atoms with Crippen molar-refractivity contribution in [3.8, 4) is 11.5 Å². The van der Waals surface area contributed by atoms with Crippen LogP contribution in [0.3, 0.4) is 0 Å².